The monoisotopic (exact) mass is 409 g/mol. The molecule has 0 radical (unpaired) electrons. The number of hydrogen-bond donors (Lipinski definition) is 3. The molecule has 0 aromatic carbocycles. The van der Waals surface area contributed by atoms with E-state index in [9.17, 15) is 5.11 Å². The topological polar surface area (TPSA) is 52.5 Å². The highest BCUT2D eigenvalue weighted by Crippen LogP contribution is 2.15. The number of hydrogen-bond acceptors (Lipinski definition) is 3. The quantitative estimate of drug-likeness (QED) is 0.169. The van der Waals surface area contributed by atoms with Gasteiger partial charge in [-0.1, -0.05) is 103 Å². The predicted molar refractivity (Wildman–Crippen MR) is 124 cm³/mol. The molecule has 0 amide bonds. The normalized spacial score (nSPS) is 12.7. The van der Waals surface area contributed by atoms with Gasteiger partial charge in [-0.25, -0.2) is 0 Å². The van der Waals surface area contributed by atoms with Crippen LogP contribution in [0.5, 0.6) is 0 Å². The molecular weight excluding hydrogens is 358 g/mol. The summed E-state index contributed by atoms with van der Waals surface area (Å²) in [6.45, 7) is 6.08. The Morgan fingerprint density at radius 3 is 1.15 bits per heavy atom. The van der Waals surface area contributed by atoms with E-state index in [-0.39, 0.29) is 19.0 Å². The van der Waals surface area contributed by atoms with Gasteiger partial charge in [0.15, 0.2) is 0 Å². The van der Waals surface area contributed by atoms with Gasteiger partial charge in [0.05, 0.1) is 0 Å². The molecule has 0 aliphatic heterocycles. The van der Waals surface area contributed by atoms with Gasteiger partial charge in [-0.05, 0) is 33.7 Å². The summed E-state index contributed by atoms with van der Waals surface area (Å²) in [5.74, 6) is 0. The molecule has 0 aromatic heterocycles. The second-order valence-electron chi connectivity index (χ2n) is 7.89. The zero-order valence-electron chi connectivity index (χ0n) is 19.0. The Balaban J connectivity index is -0.00000134. The fourth-order valence-corrected chi connectivity index (χ4v) is 3.14. The van der Waals surface area contributed by atoms with E-state index < -0.39 is 5.72 Å². The summed E-state index contributed by atoms with van der Waals surface area (Å²) >= 11 is 0. The van der Waals surface area contributed by atoms with Crippen molar-refractivity contribution >= 4 is 12.4 Å². The summed E-state index contributed by atoms with van der Waals surface area (Å²) in [6, 6.07) is 0. The minimum absolute atomic E-state index is 0. The van der Waals surface area contributed by atoms with Gasteiger partial charge in [0.2, 0.25) is 0 Å². The number of unbranched alkanes of at least 4 members (excludes halogenated alkanes) is 15. The number of nitrogens with one attached hydrogen (secondary N) is 1. The molecule has 0 bridgehead atoms. The summed E-state index contributed by atoms with van der Waals surface area (Å²) in [5, 5.41) is 20.3. The second kappa shape index (κ2) is 26.2. The summed E-state index contributed by atoms with van der Waals surface area (Å²) in [5.41, 5.74) is -0.671. The molecule has 0 aromatic rings. The smallest absolute Gasteiger partial charge is 0.112 e. The Morgan fingerprint density at radius 2 is 0.889 bits per heavy atom. The Morgan fingerprint density at radius 1 is 0.630 bits per heavy atom. The highest BCUT2D eigenvalue weighted by Gasteiger charge is 2.15. The van der Waals surface area contributed by atoms with Crippen LogP contribution >= 0.6 is 12.4 Å². The van der Waals surface area contributed by atoms with Crippen molar-refractivity contribution in [3.8, 4) is 0 Å². The van der Waals surface area contributed by atoms with Crippen molar-refractivity contribution < 1.29 is 10.2 Å². The van der Waals surface area contributed by atoms with Crippen LogP contribution in [0.4, 0.5) is 0 Å². The molecule has 3 nitrogen and oxygen atoms in total. The van der Waals surface area contributed by atoms with E-state index in [4.69, 9.17) is 5.11 Å². The van der Waals surface area contributed by atoms with Gasteiger partial charge in [0.1, 0.15) is 5.72 Å². The Kier molecular flexibility index (Phi) is 30.9. The first kappa shape index (κ1) is 31.9. The lowest BCUT2D eigenvalue weighted by atomic mass is 10.0. The molecular formula is C23H52ClNO2. The molecule has 27 heavy (non-hydrogen) atoms. The van der Waals surface area contributed by atoms with Crippen molar-refractivity contribution in [1.29, 1.82) is 0 Å². The molecule has 3 N–H and O–H groups in total. The van der Waals surface area contributed by atoms with E-state index in [0.29, 0.717) is 0 Å². The largest absolute Gasteiger partial charge is 0.397 e. The Hall–Kier alpha value is 0.170. The molecule has 4 heteroatoms. The van der Waals surface area contributed by atoms with Crippen LogP contribution in [0.3, 0.4) is 0 Å². The van der Waals surface area contributed by atoms with Crippen LogP contribution in [0.1, 0.15) is 130 Å². The van der Waals surface area contributed by atoms with Crippen LogP contribution in [0, 0.1) is 0 Å². The van der Waals surface area contributed by atoms with Gasteiger partial charge in [0.25, 0.3) is 0 Å². The standard InChI is InChI=1S/C21H45NO.C2H6O.ClH/c1-4-5-6-7-8-9-10-11-12-13-14-15-16-17-18-19-20-21(2,23)22-3;1-2-3;/h22-23H,4-20H2,1-3H3;3H,2H2,1H3;1H. The maximum atomic E-state index is 9.83. The Bertz CT molecular complexity index is 251. The lowest BCUT2D eigenvalue weighted by Crippen LogP contribution is -2.39. The first-order chi connectivity index (χ1) is 12.5. The Labute approximate surface area is 177 Å². The average Bonchev–Trinajstić information content (AvgIpc) is 2.62. The van der Waals surface area contributed by atoms with Gasteiger partial charge in [-0.3, -0.25) is 5.32 Å². The van der Waals surface area contributed by atoms with E-state index in [2.05, 4.69) is 12.2 Å². The van der Waals surface area contributed by atoms with Crippen LogP contribution in [0.2, 0.25) is 0 Å². The molecule has 0 saturated heterocycles. The predicted octanol–water partition coefficient (Wildman–Crippen LogP) is 6.99. The molecule has 0 aliphatic carbocycles. The van der Waals surface area contributed by atoms with Crippen molar-refractivity contribution in [3.63, 3.8) is 0 Å². The van der Waals surface area contributed by atoms with Crippen molar-refractivity contribution in [1.82, 2.24) is 5.32 Å². The van der Waals surface area contributed by atoms with Gasteiger partial charge < -0.3 is 10.2 Å². The second-order valence-corrected chi connectivity index (χ2v) is 7.89. The number of aliphatic hydroxyl groups excluding tert-OH is 1. The summed E-state index contributed by atoms with van der Waals surface area (Å²) in [7, 11) is 1.83. The number of rotatable bonds is 18. The van der Waals surface area contributed by atoms with Crippen LogP contribution < -0.4 is 5.32 Å². The van der Waals surface area contributed by atoms with Gasteiger partial charge in [0, 0.05) is 6.61 Å². The molecule has 0 heterocycles. The van der Waals surface area contributed by atoms with Crippen LogP contribution in [0.15, 0.2) is 0 Å². The maximum absolute atomic E-state index is 9.83. The summed E-state index contributed by atoms with van der Waals surface area (Å²) in [4.78, 5) is 0. The third-order valence-corrected chi connectivity index (χ3v) is 5.06. The van der Waals surface area contributed by atoms with E-state index >= 15 is 0 Å². The van der Waals surface area contributed by atoms with E-state index in [1.807, 2.05) is 14.0 Å². The molecule has 0 saturated carbocycles. The molecule has 168 valence electrons. The molecule has 0 fully saturated rings. The average molecular weight is 410 g/mol. The van der Waals surface area contributed by atoms with E-state index in [1.165, 1.54) is 96.3 Å². The first-order valence-corrected chi connectivity index (χ1v) is 11.6. The van der Waals surface area contributed by atoms with Crippen LogP contribution in [-0.2, 0) is 0 Å². The molecule has 1 atom stereocenters. The molecule has 0 rings (SSSR count). The zero-order chi connectivity index (χ0) is 19.9. The zero-order valence-corrected chi connectivity index (χ0v) is 19.8. The van der Waals surface area contributed by atoms with Crippen molar-refractivity contribution in [2.24, 2.45) is 0 Å². The molecule has 0 aliphatic rings. The lowest BCUT2D eigenvalue weighted by molar-refractivity contribution is 0.0209. The third kappa shape index (κ3) is 31.1. The first-order valence-electron chi connectivity index (χ1n) is 11.6. The lowest BCUT2D eigenvalue weighted by Gasteiger charge is -2.22. The van der Waals surface area contributed by atoms with Crippen LogP contribution in [0.25, 0.3) is 0 Å². The summed E-state index contributed by atoms with van der Waals surface area (Å²) < 4.78 is 0. The highest BCUT2D eigenvalue weighted by atomic mass is 35.5. The summed E-state index contributed by atoms with van der Waals surface area (Å²) in [6.07, 6.45) is 23.2. The molecule has 0 spiro atoms. The van der Waals surface area contributed by atoms with Crippen molar-refractivity contribution in [2.45, 2.75) is 136 Å². The van der Waals surface area contributed by atoms with Gasteiger partial charge in [-0.2, -0.15) is 0 Å². The van der Waals surface area contributed by atoms with Crippen molar-refractivity contribution in [2.75, 3.05) is 13.7 Å². The fraction of sp³-hybridized carbons (Fsp3) is 1.00. The van der Waals surface area contributed by atoms with E-state index in [1.54, 1.807) is 6.92 Å². The molecule has 1 unspecified atom stereocenters. The van der Waals surface area contributed by atoms with Gasteiger partial charge in [-0.15, -0.1) is 12.4 Å². The van der Waals surface area contributed by atoms with Crippen LogP contribution in [-0.4, -0.2) is 29.6 Å². The van der Waals surface area contributed by atoms with Crippen molar-refractivity contribution in [3.05, 3.63) is 0 Å². The van der Waals surface area contributed by atoms with E-state index in [0.717, 1.165) is 12.8 Å². The number of aliphatic hydroxyl groups is 2. The maximum Gasteiger partial charge on any atom is 0.112 e. The fourth-order valence-electron chi connectivity index (χ4n) is 3.14. The SMILES string of the molecule is CCCCCCCCCCCCCCCCCCC(C)(O)NC.CCO.Cl. The number of halogens is 1. The third-order valence-electron chi connectivity index (χ3n) is 5.06. The van der Waals surface area contributed by atoms with Gasteiger partial charge >= 0.3 is 0 Å². The minimum atomic E-state index is -0.671. The minimum Gasteiger partial charge on any atom is -0.397 e. The highest BCUT2D eigenvalue weighted by molar-refractivity contribution is 5.85.